The summed E-state index contributed by atoms with van der Waals surface area (Å²) >= 11 is 1.87. The summed E-state index contributed by atoms with van der Waals surface area (Å²) in [7, 11) is 0. The molecule has 0 radical (unpaired) electrons. The Morgan fingerprint density at radius 1 is 1.16 bits per heavy atom. The lowest BCUT2D eigenvalue weighted by Gasteiger charge is -2.26. The van der Waals surface area contributed by atoms with Crippen LogP contribution in [-0.4, -0.2) is 6.54 Å². The second-order valence-electron chi connectivity index (χ2n) is 5.38. The van der Waals surface area contributed by atoms with Crippen LogP contribution < -0.4 is 5.32 Å². The Morgan fingerprint density at radius 2 is 2.00 bits per heavy atom. The summed E-state index contributed by atoms with van der Waals surface area (Å²) in [5.41, 5.74) is 1.49. The van der Waals surface area contributed by atoms with Crippen molar-refractivity contribution in [3.05, 3.63) is 35.2 Å². The quantitative estimate of drug-likeness (QED) is 0.715. The standard InChI is InChI=1S/C17H25NS/c1-4-7-13(3)16(18-11-5-2)15-9-6-8-14-10-12-19-17(14)15/h6,8-10,12-13,16,18H,4-5,7,11H2,1-3H3. The molecule has 2 rings (SSSR count). The molecule has 0 aliphatic heterocycles. The van der Waals surface area contributed by atoms with Crippen LogP contribution in [0.25, 0.3) is 10.1 Å². The van der Waals surface area contributed by atoms with Gasteiger partial charge in [0.25, 0.3) is 0 Å². The van der Waals surface area contributed by atoms with Crippen LogP contribution >= 0.6 is 11.3 Å². The van der Waals surface area contributed by atoms with E-state index in [2.05, 4.69) is 55.7 Å². The Morgan fingerprint density at radius 3 is 2.74 bits per heavy atom. The molecule has 0 spiro atoms. The first kappa shape index (κ1) is 14.5. The van der Waals surface area contributed by atoms with Crippen LogP contribution in [0.5, 0.6) is 0 Å². The average Bonchev–Trinajstić information content (AvgIpc) is 2.88. The van der Waals surface area contributed by atoms with Gasteiger partial charge in [-0.05, 0) is 47.7 Å². The van der Waals surface area contributed by atoms with E-state index in [9.17, 15) is 0 Å². The molecule has 0 aliphatic carbocycles. The molecule has 2 heteroatoms. The second kappa shape index (κ2) is 7.06. The van der Waals surface area contributed by atoms with Gasteiger partial charge in [0.2, 0.25) is 0 Å². The van der Waals surface area contributed by atoms with Gasteiger partial charge in [0.15, 0.2) is 0 Å². The van der Waals surface area contributed by atoms with Crippen LogP contribution in [0, 0.1) is 5.92 Å². The van der Waals surface area contributed by atoms with Gasteiger partial charge < -0.3 is 5.32 Å². The summed E-state index contributed by atoms with van der Waals surface area (Å²) in [4.78, 5) is 0. The van der Waals surface area contributed by atoms with Gasteiger partial charge in [-0.15, -0.1) is 11.3 Å². The first-order valence-corrected chi connectivity index (χ1v) is 8.35. The van der Waals surface area contributed by atoms with Gasteiger partial charge in [-0.25, -0.2) is 0 Å². The molecule has 0 aliphatic rings. The zero-order valence-electron chi connectivity index (χ0n) is 12.3. The van der Waals surface area contributed by atoms with Crippen LogP contribution in [0.15, 0.2) is 29.6 Å². The van der Waals surface area contributed by atoms with Gasteiger partial charge in [0.05, 0.1) is 0 Å². The van der Waals surface area contributed by atoms with E-state index in [0.29, 0.717) is 12.0 Å². The topological polar surface area (TPSA) is 12.0 Å². The third-order valence-corrected chi connectivity index (χ3v) is 4.75. The van der Waals surface area contributed by atoms with Gasteiger partial charge in [0.1, 0.15) is 0 Å². The van der Waals surface area contributed by atoms with Crippen molar-refractivity contribution in [2.24, 2.45) is 5.92 Å². The highest BCUT2D eigenvalue weighted by atomic mass is 32.1. The fourth-order valence-corrected chi connectivity index (χ4v) is 3.75. The molecule has 1 nitrogen and oxygen atoms in total. The van der Waals surface area contributed by atoms with Crippen molar-refractivity contribution >= 4 is 21.4 Å². The fraction of sp³-hybridized carbons (Fsp3) is 0.529. The number of fused-ring (bicyclic) bond motifs is 1. The summed E-state index contributed by atoms with van der Waals surface area (Å²) < 4.78 is 1.46. The van der Waals surface area contributed by atoms with Gasteiger partial charge >= 0.3 is 0 Å². The molecule has 19 heavy (non-hydrogen) atoms. The average molecular weight is 275 g/mol. The lowest BCUT2D eigenvalue weighted by atomic mass is 9.90. The van der Waals surface area contributed by atoms with Crippen molar-refractivity contribution in [2.45, 2.75) is 46.1 Å². The Balaban J connectivity index is 2.33. The molecular weight excluding hydrogens is 250 g/mol. The number of nitrogens with one attached hydrogen (secondary N) is 1. The molecule has 0 bridgehead atoms. The summed E-state index contributed by atoms with van der Waals surface area (Å²) in [6.45, 7) is 7.99. The largest absolute Gasteiger partial charge is 0.310 e. The van der Waals surface area contributed by atoms with E-state index in [-0.39, 0.29) is 0 Å². The van der Waals surface area contributed by atoms with Crippen molar-refractivity contribution in [3.8, 4) is 0 Å². The maximum absolute atomic E-state index is 3.76. The summed E-state index contributed by atoms with van der Waals surface area (Å²) in [5.74, 6) is 0.684. The lowest BCUT2D eigenvalue weighted by Crippen LogP contribution is -2.27. The maximum atomic E-state index is 3.76. The van der Waals surface area contributed by atoms with Crippen molar-refractivity contribution < 1.29 is 0 Å². The second-order valence-corrected chi connectivity index (χ2v) is 6.30. The zero-order valence-corrected chi connectivity index (χ0v) is 13.1. The lowest BCUT2D eigenvalue weighted by molar-refractivity contribution is 0.365. The monoisotopic (exact) mass is 275 g/mol. The Labute approximate surface area is 121 Å². The molecule has 0 fully saturated rings. The van der Waals surface area contributed by atoms with Gasteiger partial charge in [-0.1, -0.05) is 45.4 Å². The Bertz CT molecular complexity index is 503. The number of rotatable bonds is 7. The van der Waals surface area contributed by atoms with Crippen LogP contribution in [-0.2, 0) is 0 Å². The maximum Gasteiger partial charge on any atom is 0.0390 e. The minimum absolute atomic E-state index is 0.488. The first-order valence-electron chi connectivity index (χ1n) is 7.47. The third-order valence-electron chi connectivity index (χ3n) is 3.77. The molecule has 2 aromatic rings. The molecule has 0 saturated carbocycles. The van der Waals surface area contributed by atoms with E-state index in [4.69, 9.17) is 0 Å². The van der Waals surface area contributed by atoms with Crippen molar-refractivity contribution in [1.29, 1.82) is 0 Å². The highest BCUT2D eigenvalue weighted by Gasteiger charge is 2.20. The number of benzene rings is 1. The smallest absolute Gasteiger partial charge is 0.0390 e. The third kappa shape index (κ3) is 3.37. The zero-order chi connectivity index (χ0) is 13.7. The van der Waals surface area contributed by atoms with Gasteiger partial charge in [-0.2, -0.15) is 0 Å². The summed E-state index contributed by atoms with van der Waals surface area (Å²) in [6, 6.07) is 9.44. The fourth-order valence-electron chi connectivity index (χ4n) is 2.80. The van der Waals surface area contributed by atoms with Crippen molar-refractivity contribution in [3.63, 3.8) is 0 Å². The minimum Gasteiger partial charge on any atom is -0.310 e. The first-order chi connectivity index (χ1) is 9.27. The molecule has 0 saturated heterocycles. The Kier molecular flexibility index (Phi) is 5.41. The van der Waals surface area contributed by atoms with Gasteiger partial charge in [0, 0.05) is 10.7 Å². The predicted molar refractivity (Wildman–Crippen MR) is 86.9 cm³/mol. The molecule has 104 valence electrons. The van der Waals surface area contributed by atoms with E-state index < -0.39 is 0 Å². The van der Waals surface area contributed by atoms with E-state index >= 15 is 0 Å². The van der Waals surface area contributed by atoms with Crippen LogP contribution in [0.4, 0.5) is 0 Å². The number of hydrogen-bond acceptors (Lipinski definition) is 2. The molecule has 1 aromatic heterocycles. The van der Waals surface area contributed by atoms with Crippen molar-refractivity contribution in [1.82, 2.24) is 5.32 Å². The molecular formula is C17H25NS. The van der Waals surface area contributed by atoms with E-state index in [1.165, 1.54) is 34.9 Å². The normalized spacial score (nSPS) is 14.7. The minimum atomic E-state index is 0.488. The predicted octanol–water partition coefficient (Wildman–Crippen LogP) is 5.38. The van der Waals surface area contributed by atoms with E-state index in [0.717, 1.165) is 6.54 Å². The van der Waals surface area contributed by atoms with E-state index in [1.807, 2.05) is 11.3 Å². The molecule has 2 unspecified atom stereocenters. The molecule has 1 aromatic carbocycles. The SMILES string of the molecule is CCCNC(c1cccc2ccsc12)C(C)CCC. The van der Waals surface area contributed by atoms with E-state index in [1.54, 1.807) is 0 Å². The van der Waals surface area contributed by atoms with Gasteiger partial charge in [-0.3, -0.25) is 0 Å². The molecule has 0 amide bonds. The number of hydrogen-bond donors (Lipinski definition) is 1. The number of thiophene rings is 1. The summed E-state index contributed by atoms with van der Waals surface area (Å²) in [6.07, 6.45) is 3.73. The van der Waals surface area contributed by atoms with Crippen LogP contribution in [0.3, 0.4) is 0 Å². The molecule has 1 N–H and O–H groups in total. The van der Waals surface area contributed by atoms with Crippen LogP contribution in [0.2, 0.25) is 0 Å². The molecule has 1 heterocycles. The highest BCUT2D eigenvalue weighted by molar-refractivity contribution is 7.17. The van der Waals surface area contributed by atoms with Crippen LogP contribution in [0.1, 0.15) is 51.6 Å². The molecule has 2 atom stereocenters. The Hall–Kier alpha value is -0.860. The highest BCUT2D eigenvalue weighted by Crippen LogP contribution is 2.33. The summed E-state index contributed by atoms with van der Waals surface area (Å²) in [5, 5.41) is 7.35. The van der Waals surface area contributed by atoms with Crippen molar-refractivity contribution in [2.75, 3.05) is 6.54 Å².